The van der Waals surface area contributed by atoms with Gasteiger partial charge in [0.05, 0.1) is 12.6 Å². The Bertz CT molecular complexity index is 409. The van der Waals surface area contributed by atoms with Crippen molar-refractivity contribution in [1.82, 2.24) is 5.32 Å². The number of hydrogen-bond acceptors (Lipinski definition) is 2. The van der Waals surface area contributed by atoms with Crippen molar-refractivity contribution in [3.8, 4) is 0 Å². The third-order valence-electron chi connectivity index (χ3n) is 2.90. The van der Waals surface area contributed by atoms with Gasteiger partial charge in [-0.05, 0) is 23.1 Å². The largest absolute Gasteiger partial charge is 0.383 e. The van der Waals surface area contributed by atoms with Crippen molar-refractivity contribution in [1.29, 1.82) is 0 Å². The molecule has 0 bridgehead atoms. The Balaban J connectivity index is 2.73. The van der Waals surface area contributed by atoms with Crippen LogP contribution < -0.4 is 5.32 Å². The normalized spacial score (nSPS) is 13.1. The SMILES string of the molecule is COCC(CBr)NC(=O)c1ccc(C(C)(C)C)cc1. The van der Waals surface area contributed by atoms with E-state index >= 15 is 0 Å². The second kappa shape index (κ2) is 7.06. The Kier molecular flexibility index (Phi) is 6.01. The van der Waals surface area contributed by atoms with Gasteiger partial charge in [0, 0.05) is 18.0 Å². The molecule has 1 N–H and O–H groups in total. The Labute approximate surface area is 123 Å². The lowest BCUT2D eigenvalue weighted by atomic mass is 9.86. The summed E-state index contributed by atoms with van der Waals surface area (Å²) in [5.41, 5.74) is 2.00. The summed E-state index contributed by atoms with van der Waals surface area (Å²) in [6, 6.07) is 7.74. The zero-order valence-electron chi connectivity index (χ0n) is 12.0. The highest BCUT2D eigenvalue weighted by molar-refractivity contribution is 9.09. The smallest absolute Gasteiger partial charge is 0.251 e. The molecule has 0 fully saturated rings. The third-order valence-corrected chi connectivity index (χ3v) is 3.68. The molecule has 0 saturated carbocycles. The molecule has 0 radical (unpaired) electrons. The Morgan fingerprint density at radius 2 is 1.89 bits per heavy atom. The standard InChI is InChI=1S/C15H22BrNO2/c1-15(2,3)12-7-5-11(6-8-12)14(18)17-13(9-16)10-19-4/h5-8,13H,9-10H2,1-4H3,(H,17,18). The fourth-order valence-electron chi connectivity index (χ4n) is 1.72. The van der Waals surface area contributed by atoms with E-state index in [-0.39, 0.29) is 17.4 Å². The average molecular weight is 328 g/mol. The summed E-state index contributed by atoms with van der Waals surface area (Å²) in [4.78, 5) is 12.1. The minimum Gasteiger partial charge on any atom is -0.383 e. The summed E-state index contributed by atoms with van der Waals surface area (Å²) < 4.78 is 5.05. The summed E-state index contributed by atoms with van der Waals surface area (Å²) in [5.74, 6) is -0.0676. The number of carbonyl (C=O) groups excluding carboxylic acids is 1. The quantitative estimate of drug-likeness (QED) is 0.844. The van der Waals surface area contributed by atoms with Gasteiger partial charge in [-0.25, -0.2) is 0 Å². The van der Waals surface area contributed by atoms with E-state index < -0.39 is 0 Å². The van der Waals surface area contributed by atoms with Crippen LogP contribution in [0.5, 0.6) is 0 Å². The topological polar surface area (TPSA) is 38.3 Å². The maximum atomic E-state index is 12.1. The number of alkyl halides is 1. The average Bonchev–Trinajstić information content (AvgIpc) is 2.37. The van der Waals surface area contributed by atoms with Crippen LogP contribution in [0, 0.1) is 0 Å². The number of benzene rings is 1. The molecule has 0 saturated heterocycles. The van der Waals surface area contributed by atoms with Crippen LogP contribution in [0.2, 0.25) is 0 Å². The van der Waals surface area contributed by atoms with Crippen molar-refractivity contribution in [2.45, 2.75) is 32.2 Å². The Hall–Kier alpha value is -0.870. The number of nitrogens with one attached hydrogen (secondary N) is 1. The van der Waals surface area contributed by atoms with E-state index in [0.717, 1.165) is 0 Å². The summed E-state index contributed by atoms with van der Waals surface area (Å²) in [7, 11) is 1.62. The molecule has 1 amide bonds. The lowest BCUT2D eigenvalue weighted by Gasteiger charge is -2.19. The molecule has 106 valence electrons. The number of carbonyl (C=O) groups is 1. The molecule has 0 aliphatic carbocycles. The first kappa shape index (κ1) is 16.2. The van der Waals surface area contributed by atoms with Gasteiger partial charge in [0.15, 0.2) is 0 Å². The molecular weight excluding hydrogens is 306 g/mol. The number of ether oxygens (including phenoxy) is 1. The van der Waals surface area contributed by atoms with Gasteiger partial charge in [0.2, 0.25) is 0 Å². The second-order valence-electron chi connectivity index (χ2n) is 5.61. The minimum absolute atomic E-state index is 0.0141. The predicted molar refractivity (Wildman–Crippen MR) is 82.1 cm³/mol. The highest BCUT2D eigenvalue weighted by Crippen LogP contribution is 2.22. The van der Waals surface area contributed by atoms with E-state index in [2.05, 4.69) is 42.0 Å². The summed E-state index contributed by atoms with van der Waals surface area (Å²) >= 11 is 3.36. The molecule has 1 rings (SSSR count). The highest BCUT2D eigenvalue weighted by atomic mass is 79.9. The number of methoxy groups -OCH3 is 1. The van der Waals surface area contributed by atoms with Crippen molar-refractivity contribution in [2.75, 3.05) is 19.0 Å². The van der Waals surface area contributed by atoms with Crippen LogP contribution in [-0.4, -0.2) is 31.0 Å². The lowest BCUT2D eigenvalue weighted by molar-refractivity contribution is 0.0908. The molecule has 0 aliphatic rings. The van der Waals surface area contributed by atoms with Gasteiger partial charge in [-0.1, -0.05) is 48.8 Å². The Morgan fingerprint density at radius 3 is 2.32 bits per heavy atom. The van der Waals surface area contributed by atoms with Crippen LogP contribution >= 0.6 is 15.9 Å². The molecule has 0 aromatic heterocycles. The van der Waals surface area contributed by atoms with Crippen molar-refractivity contribution < 1.29 is 9.53 Å². The van der Waals surface area contributed by atoms with Crippen molar-refractivity contribution >= 4 is 21.8 Å². The number of halogens is 1. The molecule has 1 atom stereocenters. The zero-order valence-corrected chi connectivity index (χ0v) is 13.6. The van der Waals surface area contributed by atoms with Gasteiger partial charge in [0.25, 0.3) is 5.91 Å². The second-order valence-corrected chi connectivity index (χ2v) is 6.25. The molecule has 0 heterocycles. The predicted octanol–water partition coefficient (Wildman–Crippen LogP) is 3.12. The maximum Gasteiger partial charge on any atom is 0.251 e. The highest BCUT2D eigenvalue weighted by Gasteiger charge is 2.15. The molecule has 3 nitrogen and oxygen atoms in total. The van der Waals surface area contributed by atoms with Gasteiger partial charge in [-0.15, -0.1) is 0 Å². The van der Waals surface area contributed by atoms with E-state index in [0.29, 0.717) is 17.5 Å². The van der Waals surface area contributed by atoms with Crippen LogP contribution in [0.1, 0.15) is 36.7 Å². The van der Waals surface area contributed by atoms with Crippen LogP contribution in [0.3, 0.4) is 0 Å². The molecule has 0 aliphatic heterocycles. The monoisotopic (exact) mass is 327 g/mol. The third kappa shape index (κ3) is 4.96. The Morgan fingerprint density at radius 1 is 1.32 bits per heavy atom. The fraction of sp³-hybridized carbons (Fsp3) is 0.533. The molecule has 1 aromatic rings. The van der Waals surface area contributed by atoms with Gasteiger partial charge in [-0.2, -0.15) is 0 Å². The number of amides is 1. The van der Waals surface area contributed by atoms with E-state index in [1.807, 2.05) is 24.3 Å². The fourth-order valence-corrected chi connectivity index (χ4v) is 2.07. The molecule has 19 heavy (non-hydrogen) atoms. The lowest BCUT2D eigenvalue weighted by Crippen LogP contribution is -2.39. The van der Waals surface area contributed by atoms with E-state index in [4.69, 9.17) is 4.74 Å². The van der Waals surface area contributed by atoms with Crippen molar-refractivity contribution in [3.63, 3.8) is 0 Å². The van der Waals surface area contributed by atoms with E-state index in [1.165, 1.54) is 5.56 Å². The maximum absolute atomic E-state index is 12.1. The van der Waals surface area contributed by atoms with Crippen LogP contribution in [0.25, 0.3) is 0 Å². The first-order valence-corrected chi connectivity index (χ1v) is 7.47. The molecule has 0 spiro atoms. The van der Waals surface area contributed by atoms with Crippen molar-refractivity contribution in [2.24, 2.45) is 0 Å². The van der Waals surface area contributed by atoms with Crippen LogP contribution in [0.15, 0.2) is 24.3 Å². The van der Waals surface area contributed by atoms with Crippen LogP contribution in [-0.2, 0) is 10.2 Å². The summed E-state index contributed by atoms with van der Waals surface area (Å²) in [5, 5.41) is 3.60. The number of rotatable bonds is 5. The molecule has 1 unspecified atom stereocenters. The summed E-state index contributed by atoms with van der Waals surface area (Å²) in [6.45, 7) is 6.96. The zero-order chi connectivity index (χ0) is 14.5. The van der Waals surface area contributed by atoms with Gasteiger partial charge >= 0.3 is 0 Å². The molecule has 1 aromatic carbocycles. The van der Waals surface area contributed by atoms with Gasteiger partial charge in [0.1, 0.15) is 0 Å². The van der Waals surface area contributed by atoms with Crippen molar-refractivity contribution in [3.05, 3.63) is 35.4 Å². The summed E-state index contributed by atoms with van der Waals surface area (Å²) in [6.07, 6.45) is 0. The first-order chi connectivity index (χ1) is 8.88. The van der Waals surface area contributed by atoms with Crippen LogP contribution in [0.4, 0.5) is 0 Å². The first-order valence-electron chi connectivity index (χ1n) is 6.34. The van der Waals surface area contributed by atoms with E-state index in [9.17, 15) is 4.79 Å². The minimum atomic E-state index is -0.0676. The van der Waals surface area contributed by atoms with Gasteiger partial charge in [-0.3, -0.25) is 4.79 Å². The molecule has 4 heteroatoms. The van der Waals surface area contributed by atoms with Gasteiger partial charge < -0.3 is 10.1 Å². The molecular formula is C15H22BrNO2. The van der Waals surface area contributed by atoms with E-state index in [1.54, 1.807) is 7.11 Å². The number of hydrogen-bond donors (Lipinski definition) is 1.